The third-order valence-corrected chi connectivity index (χ3v) is 7.38. The van der Waals surface area contributed by atoms with E-state index in [4.69, 9.17) is 18.9 Å². The van der Waals surface area contributed by atoms with E-state index >= 15 is 0 Å². The molecule has 3 aromatic carbocycles. The summed E-state index contributed by atoms with van der Waals surface area (Å²) in [5.41, 5.74) is 0.924. The Bertz CT molecular complexity index is 1450. The monoisotopic (exact) mass is 556 g/mol. The van der Waals surface area contributed by atoms with Gasteiger partial charge < -0.3 is 24.3 Å². The van der Waals surface area contributed by atoms with Crippen LogP contribution in [0.3, 0.4) is 0 Å². The van der Waals surface area contributed by atoms with Crippen LogP contribution in [-0.2, 0) is 24.3 Å². The van der Waals surface area contributed by atoms with Crippen molar-refractivity contribution in [3.8, 4) is 11.5 Å². The summed E-state index contributed by atoms with van der Waals surface area (Å²) in [6.45, 7) is 1.13. The summed E-state index contributed by atoms with van der Waals surface area (Å²) in [4.78, 5) is 37.5. The van der Waals surface area contributed by atoms with Gasteiger partial charge in [0.05, 0.1) is 50.1 Å². The van der Waals surface area contributed by atoms with Crippen LogP contribution in [0.1, 0.15) is 26.3 Å². The molecule has 1 amide bonds. The van der Waals surface area contributed by atoms with E-state index in [9.17, 15) is 22.8 Å². The first-order valence-corrected chi connectivity index (χ1v) is 12.9. The number of nitrogens with zero attached hydrogens (tertiary/aromatic N) is 1. The number of hydrogen-bond donors (Lipinski definition) is 1. The van der Waals surface area contributed by atoms with Gasteiger partial charge in [0.2, 0.25) is 5.91 Å². The van der Waals surface area contributed by atoms with E-state index < -0.39 is 34.4 Å². The lowest BCUT2D eigenvalue weighted by Gasteiger charge is -2.26. The number of methoxy groups -OCH3 is 4. The molecule has 0 aliphatic carbocycles. The van der Waals surface area contributed by atoms with Crippen molar-refractivity contribution >= 4 is 39.2 Å². The van der Waals surface area contributed by atoms with Gasteiger partial charge in [-0.3, -0.25) is 9.10 Å². The molecule has 0 unspecified atom stereocenters. The zero-order valence-electron chi connectivity index (χ0n) is 22.0. The SMILES string of the molecule is COC(=O)c1cc(NC(=O)CN(c2cc(OC)ccc2OC)S(=O)(=O)c2ccc(C)cc2)cc(C(=O)OC)c1. The van der Waals surface area contributed by atoms with Crippen molar-refractivity contribution in [1.29, 1.82) is 0 Å². The molecular formula is C27H28N2O9S. The predicted molar refractivity (Wildman–Crippen MR) is 143 cm³/mol. The Balaban J connectivity index is 2.07. The number of ether oxygens (including phenoxy) is 4. The Labute approximate surface area is 226 Å². The number of carbonyl (C=O) groups excluding carboxylic acids is 3. The van der Waals surface area contributed by atoms with Crippen molar-refractivity contribution in [1.82, 2.24) is 0 Å². The lowest BCUT2D eigenvalue weighted by atomic mass is 10.1. The van der Waals surface area contributed by atoms with Crippen molar-refractivity contribution in [2.45, 2.75) is 11.8 Å². The highest BCUT2D eigenvalue weighted by atomic mass is 32.2. The summed E-state index contributed by atoms with van der Waals surface area (Å²) in [5, 5.41) is 2.55. The summed E-state index contributed by atoms with van der Waals surface area (Å²) < 4.78 is 48.6. The molecular weight excluding hydrogens is 528 g/mol. The molecule has 0 aromatic heterocycles. The molecule has 0 saturated carbocycles. The topological polar surface area (TPSA) is 138 Å². The molecule has 0 heterocycles. The van der Waals surface area contributed by atoms with Gasteiger partial charge in [-0.15, -0.1) is 0 Å². The van der Waals surface area contributed by atoms with Crippen molar-refractivity contribution in [3.05, 3.63) is 77.4 Å². The van der Waals surface area contributed by atoms with Gasteiger partial charge in [-0.25, -0.2) is 18.0 Å². The zero-order valence-corrected chi connectivity index (χ0v) is 22.8. The molecule has 3 aromatic rings. The van der Waals surface area contributed by atoms with Gasteiger partial charge in [0.25, 0.3) is 10.0 Å². The normalized spacial score (nSPS) is 10.8. The molecule has 0 saturated heterocycles. The average Bonchev–Trinajstić information content (AvgIpc) is 2.94. The van der Waals surface area contributed by atoms with Crippen LogP contribution >= 0.6 is 0 Å². The molecule has 3 rings (SSSR count). The summed E-state index contributed by atoms with van der Waals surface area (Å²) >= 11 is 0. The number of esters is 2. The van der Waals surface area contributed by atoms with E-state index in [1.165, 1.54) is 70.9 Å². The molecule has 1 N–H and O–H groups in total. The van der Waals surface area contributed by atoms with Crippen LogP contribution in [0.5, 0.6) is 11.5 Å². The summed E-state index contributed by atoms with van der Waals surface area (Å²) in [7, 11) is 0.847. The summed E-state index contributed by atoms with van der Waals surface area (Å²) in [6, 6.07) is 14.5. The molecule has 0 aliphatic rings. The van der Waals surface area contributed by atoms with E-state index in [0.717, 1.165) is 9.87 Å². The number of carbonyl (C=O) groups is 3. The fourth-order valence-corrected chi connectivity index (χ4v) is 5.05. The summed E-state index contributed by atoms with van der Waals surface area (Å²) in [5.74, 6) is -1.75. The Morgan fingerprint density at radius 3 is 1.90 bits per heavy atom. The third-order valence-electron chi connectivity index (χ3n) is 5.61. The van der Waals surface area contributed by atoms with Crippen LogP contribution in [0.15, 0.2) is 65.6 Å². The Morgan fingerprint density at radius 1 is 0.795 bits per heavy atom. The zero-order chi connectivity index (χ0) is 28.7. The van der Waals surface area contributed by atoms with Gasteiger partial charge in [-0.2, -0.15) is 0 Å². The van der Waals surface area contributed by atoms with Crippen molar-refractivity contribution in [2.24, 2.45) is 0 Å². The van der Waals surface area contributed by atoms with Crippen LogP contribution in [0.25, 0.3) is 0 Å². The van der Waals surface area contributed by atoms with Crippen LogP contribution in [0.2, 0.25) is 0 Å². The number of aryl methyl sites for hydroxylation is 1. The molecule has 12 heteroatoms. The van der Waals surface area contributed by atoms with Crippen molar-refractivity contribution < 1.29 is 41.7 Å². The van der Waals surface area contributed by atoms with E-state index in [2.05, 4.69) is 5.32 Å². The van der Waals surface area contributed by atoms with Gasteiger partial charge in [0, 0.05) is 11.8 Å². The van der Waals surface area contributed by atoms with E-state index in [1.54, 1.807) is 18.2 Å². The largest absolute Gasteiger partial charge is 0.497 e. The fourth-order valence-electron chi connectivity index (χ4n) is 3.63. The molecule has 0 atom stereocenters. The maximum Gasteiger partial charge on any atom is 0.337 e. The number of benzene rings is 3. The number of sulfonamides is 1. The van der Waals surface area contributed by atoms with E-state index in [1.807, 2.05) is 6.92 Å². The number of nitrogens with one attached hydrogen (secondary N) is 1. The molecule has 0 aliphatic heterocycles. The Kier molecular flexibility index (Phi) is 9.15. The van der Waals surface area contributed by atoms with Gasteiger partial charge in [-0.05, 0) is 49.4 Å². The molecule has 206 valence electrons. The highest BCUT2D eigenvalue weighted by Crippen LogP contribution is 2.35. The lowest BCUT2D eigenvalue weighted by Crippen LogP contribution is -2.38. The number of hydrogen-bond acceptors (Lipinski definition) is 9. The first-order valence-electron chi connectivity index (χ1n) is 11.5. The minimum atomic E-state index is -4.28. The third kappa shape index (κ3) is 6.65. The minimum absolute atomic E-state index is 0.0192. The van der Waals surface area contributed by atoms with Gasteiger partial charge in [-0.1, -0.05) is 17.7 Å². The van der Waals surface area contributed by atoms with Crippen LogP contribution < -0.4 is 19.1 Å². The van der Waals surface area contributed by atoms with Gasteiger partial charge >= 0.3 is 11.9 Å². The molecule has 11 nitrogen and oxygen atoms in total. The fraction of sp³-hybridized carbons (Fsp3) is 0.222. The van der Waals surface area contributed by atoms with Crippen molar-refractivity contribution in [2.75, 3.05) is 44.6 Å². The number of rotatable bonds is 10. The van der Waals surface area contributed by atoms with E-state index in [-0.39, 0.29) is 33.1 Å². The first-order chi connectivity index (χ1) is 18.5. The van der Waals surface area contributed by atoms with E-state index in [0.29, 0.717) is 5.75 Å². The second-order valence-corrected chi connectivity index (χ2v) is 10.1. The van der Waals surface area contributed by atoms with Crippen LogP contribution in [0.4, 0.5) is 11.4 Å². The first kappa shape index (κ1) is 29.0. The minimum Gasteiger partial charge on any atom is -0.497 e. The maximum absolute atomic E-state index is 13.8. The van der Waals surface area contributed by atoms with Gasteiger partial charge in [0.1, 0.15) is 18.0 Å². The highest BCUT2D eigenvalue weighted by molar-refractivity contribution is 7.92. The second kappa shape index (κ2) is 12.3. The lowest BCUT2D eigenvalue weighted by molar-refractivity contribution is -0.114. The highest BCUT2D eigenvalue weighted by Gasteiger charge is 2.30. The Morgan fingerprint density at radius 2 is 1.38 bits per heavy atom. The van der Waals surface area contributed by atoms with Crippen LogP contribution in [0, 0.1) is 6.92 Å². The molecule has 0 fully saturated rings. The molecule has 0 spiro atoms. The van der Waals surface area contributed by atoms with Crippen molar-refractivity contribution in [3.63, 3.8) is 0 Å². The maximum atomic E-state index is 13.8. The quantitative estimate of drug-likeness (QED) is 0.372. The predicted octanol–water partition coefficient (Wildman–Crippen LogP) is 3.42. The molecule has 39 heavy (non-hydrogen) atoms. The average molecular weight is 557 g/mol. The standard InChI is InChI=1S/C27H28N2O9S/c1-17-6-9-22(10-7-17)39(33,34)29(23-15-21(35-2)8-11-24(23)36-3)16-25(30)28-20-13-18(26(31)37-4)12-19(14-20)27(32)38-5/h6-15H,16H2,1-5H3,(H,28,30). The smallest absolute Gasteiger partial charge is 0.337 e. The Hall–Kier alpha value is -4.58. The van der Waals surface area contributed by atoms with Crippen LogP contribution in [-0.4, -0.2) is 61.2 Å². The number of anilines is 2. The number of amides is 1. The summed E-state index contributed by atoms with van der Waals surface area (Å²) in [6.07, 6.45) is 0. The molecule has 0 bridgehead atoms. The molecule has 0 radical (unpaired) electrons. The van der Waals surface area contributed by atoms with Gasteiger partial charge in [0.15, 0.2) is 0 Å². The second-order valence-electron chi connectivity index (χ2n) is 8.19.